The molecule has 0 saturated carbocycles. The second kappa shape index (κ2) is 9.32. The first-order chi connectivity index (χ1) is 13.4. The molecule has 1 aromatic heterocycles. The Labute approximate surface area is 166 Å². The fourth-order valence-corrected chi connectivity index (χ4v) is 3.91. The number of amides is 1. The van der Waals surface area contributed by atoms with Gasteiger partial charge in [0.25, 0.3) is 0 Å². The van der Waals surface area contributed by atoms with Gasteiger partial charge in [-0.25, -0.2) is 4.98 Å². The minimum atomic E-state index is -4.38. The van der Waals surface area contributed by atoms with E-state index in [0.29, 0.717) is 38.3 Å². The summed E-state index contributed by atoms with van der Waals surface area (Å²) in [5.74, 6) is 1.32. The van der Waals surface area contributed by atoms with Crippen molar-refractivity contribution >= 4 is 23.5 Å². The Kier molecular flexibility index (Phi) is 6.83. The number of aromatic nitrogens is 1. The summed E-state index contributed by atoms with van der Waals surface area (Å²) in [6, 6.07) is 12.5. The lowest BCUT2D eigenvalue weighted by Gasteiger charge is -2.32. The third-order valence-electron chi connectivity index (χ3n) is 4.68. The summed E-state index contributed by atoms with van der Waals surface area (Å²) in [7, 11) is 0. The van der Waals surface area contributed by atoms with Crippen LogP contribution in [0.4, 0.5) is 19.0 Å². The Morgan fingerprint density at radius 3 is 2.46 bits per heavy atom. The van der Waals surface area contributed by atoms with E-state index >= 15 is 0 Å². The zero-order chi connectivity index (χ0) is 20.0. The van der Waals surface area contributed by atoms with Crippen LogP contribution < -0.4 is 10.2 Å². The number of nitrogens with one attached hydrogen (secondary N) is 1. The molecule has 0 unspecified atom stereocenters. The molecule has 0 atom stereocenters. The molecule has 1 saturated heterocycles. The van der Waals surface area contributed by atoms with Crippen LogP contribution in [0.5, 0.6) is 0 Å². The highest BCUT2D eigenvalue weighted by atomic mass is 32.2. The molecular formula is C20H22F3N3OS. The summed E-state index contributed by atoms with van der Waals surface area (Å²) in [6.07, 6.45) is -2.19. The molecule has 28 heavy (non-hydrogen) atoms. The Morgan fingerprint density at radius 2 is 1.86 bits per heavy atom. The second-order valence-electron chi connectivity index (χ2n) is 6.62. The van der Waals surface area contributed by atoms with E-state index in [1.807, 2.05) is 35.2 Å². The van der Waals surface area contributed by atoms with Crippen LogP contribution in [-0.4, -0.2) is 36.3 Å². The molecule has 1 aliphatic rings. The lowest BCUT2D eigenvalue weighted by atomic mass is 9.96. The molecule has 4 nitrogen and oxygen atoms in total. The van der Waals surface area contributed by atoms with Crippen LogP contribution in [0.1, 0.15) is 18.4 Å². The number of thioether (sulfide) groups is 1. The first-order valence-electron chi connectivity index (χ1n) is 9.17. The molecule has 1 aliphatic heterocycles. The number of nitrogens with zero attached hydrogens (tertiary/aromatic N) is 2. The number of anilines is 1. The van der Waals surface area contributed by atoms with Crippen molar-refractivity contribution in [1.29, 1.82) is 0 Å². The smallest absolute Gasteiger partial charge is 0.357 e. The van der Waals surface area contributed by atoms with E-state index in [1.165, 1.54) is 11.0 Å². The van der Waals surface area contributed by atoms with Gasteiger partial charge in [0.05, 0.1) is 5.56 Å². The van der Waals surface area contributed by atoms with Gasteiger partial charge >= 0.3 is 6.18 Å². The standard InChI is InChI=1S/C20H22F3N3OS/c21-20(22,23)16-6-7-18(25-14-16)26-11-8-15(9-12-26)19(27)24-10-13-28-17-4-2-1-3-5-17/h1-7,14-15H,8-13H2,(H,24,27). The molecule has 2 heterocycles. The summed E-state index contributed by atoms with van der Waals surface area (Å²) < 4.78 is 37.9. The van der Waals surface area contributed by atoms with Gasteiger partial charge in [0.1, 0.15) is 5.82 Å². The van der Waals surface area contributed by atoms with Crippen LogP contribution in [0.15, 0.2) is 53.6 Å². The number of carbonyl (C=O) groups excluding carboxylic acids is 1. The summed E-state index contributed by atoms with van der Waals surface area (Å²) in [5.41, 5.74) is -0.751. The van der Waals surface area contributed by atoms with Crippen LogP contribution in [-0.2, 0) is 11.0 Å². The van der Waals surface area contributed by atoms with Gasteiger partial charge in [-0.1, -0.05) is 18.2 Å². The van der Waals surface area contributed by atoms with Crippen LogP contribution in [0.2, 0.25) is 0 Å². The van der Waals surface area contributed by atoms with E-state index in [-0.39, 0.29) is 11.8 Å². The maximum Gasteiger partial charge on any atom is 0.417 e. The van der Waals surface area contributed by atoms with Crippen LogP contribution in [0.3, 0.4) is 0 Å². The van der Waals surface area contributed by atoms with Gasteiger partial charge in [0, 0.05) is 42.4 Å². The molecule has 8 heteroatoms. The molecule has 0 spiro atoms. The largest absolute Gasteiger partial charge is 0.417 e. The Hall–Kier alpha value is -2.22. The van der Waals surface area contributed by atoms with Crippen molar-refractivity contribution in [2.75, 3.05) is 30.3 Å². The number of piperidine rings is 1. The van der Waals surface area contributed by atoms with Crippen molar-refractivity contribution in [2.24, 2.45) is 5.92 Å². The third-order valence-corrected chi connectivity index (χ3v) is 5.69. The molecule has 1 fully saturated rings. The molecule has 1 N–H and O–H groups in total. The van der Waals surface area contributed by atoms with Crippen molar-refractivity contribution < 1.29 is 18.0 Å². The highest BCUT2D eigenvalue weighted by molar-refractivity contribution is 7.99. The topological polar surface area (TPSA) is 45.2 Å². The first-order valence-corrected chi connectivity index (χ1v) is 10.2. The maximum atomic E-state index is 12.6. The fourth-order valence-electron chi connectivity index (χ4n) is 3.12. The minimum Gasteiger partial charge on any atom is -0.357 e. The SMILES string of the molecule is O=C(NCCSc1ccccc1)C1CCN(c2ccc(C(F)(F)F)cn2)CC1. The van der Waals surface area contributed by atoms with Gasteiger partial charge in [-0.2, -0.15) is 13.2 Å². The van der Waals surface area contributed by atoms with E-state index in [9.17, 15) is 18.0 Å². The van der Waals surface area contributed by atoms with Crippen LogP contribution in [0, 0.1) is 5.92 Å². The average molecular weight is 409 g/mol. The number of alkyl halides is 3. The van der Waals surface area contributed by atoms with Crippen molar-refractivity contribution in [3.05, 3.63) is 54.2 Å². The minimum absolute atomic E-state index is 0.0497. The van der Waals surface area contributed by atoms with E-state index in [4.69, 9.17) is 0 Å². The zero-order valence-electron chi connectivity index (χ0n) is 15.3. The van der Waals surface area contributed by atoms with Crippen molar-refractivity contribution in [3.8, 4) is 0 Å². The highest BCUT2D eigenvalue weighted by Gasteiger charge is 2.31. The van der Waals surface area contributed by atoms with Crippen molar-refractivity contribution in [2.45, 2.75) is 23.9 Å². The van der Waals surface area contributed by atoms with Gasteiger partial charge in [-0.05, 0) is 37.1 Å². The number of rotatable bonds is 6. The molecule has 0 aliphatic carbocycles. The average Bonchev–Trinajstić information content (AvgIpc) is 2.71. The van der Waals surface area contributed by atoms with Crippen molar-refractivity contribution in [1.82, 2.24) is 10.3 Å². The first kappa shape index (κ1) is 20.5. The van der Waals surface area contributed by atoms with Gasteiger partial charge in [-0.3, -0.25) is 4.79 Å². The molecule has 0 bridgehead atoms. The van der Waals surface area contributed by atoms with Crippen molar-refractivity contribution in [3.63, 3.8) is 0 Å². The van der Waals surface area contributed by atoms with E-state index in [1.54, 1.807) is 11.8 Å². The van der Waals surface area contributed by atoms with Crippen LogP contribution >= 0.6 is 11.8 Å². The molecule has 3 rings (SSSR count). The van der Waals surface area contributed by atoms with Gasteiger partial charge in [0.15, 0.2) is 0 Å². The lowest BCUT2D eigenvalue weighted by molar-refractivity contribution is -0.137. The van der Waals surface area contributed by atoms with E-state index in [0.717, 1.165) is 18.0 Å². The zero-order valence-corrected chi connectivity index (χ0v) is 16.1. The molecule has 0 radical (unpaired) electrons. The van der Waals surface area contributed by atoms with Gasteiger partial charge < -0.3 is 10.2 Å². The fraction of sp³-hybridized carbons (Fsp3) is 0.400. The predicted molar refractivity (Wildman–Crippen MR) is 104 cm³/mol. The lowest BCUT2D eigenvalue weighted by Crippen LogP contribution is -2.41. The Balaban J connectivity index is 1.40. The summed E-state index contributed by atoms with van der Waals surface area (Å²) in [4.78, 5) is 19.4. The second-order valence-corrected chi connectivity index (χ2v) is 7.79. The molecule has 1 aromatic carbocycles. The van der Waals surface area contributed by atoms with Gasteiger partial charge in [-0.15, -0.1) is 11.8 Å². The number of halogens is 3. The third kappa shape index (κ3) is 5.64. The number of hydrogen-bond acceptors (Lipinski definition) is 4. The molecule has 1 amide bonds. The van der Waals surface area contributed by atoms with E-state index in [2.05, 4.69) is 10.3 Å². The number of carbonyl (C=O) groups is 1. The maximum absolute atomic E-state index is 12.6. The summed E-state index contributed by atoms with van der Waals surface area (Å²) >= 11 is 1.70. The summed E-state index contributed by atoms with van der Waals surface area (Å²) in [5, 5.41) is 2.98. The molecule has 150 valence electrons. The van der Waals surface area contributed by atoms with Gasteiger partial charge in [0.2, 0.25) is 5.91 Å². The Bertz CT molecular complexity index is 761. The monoisotopic (exact) mass is 409 g/mol. The molecule has 2 aromatic rings. The van der Waals surface area contributed by atoms with E-state index < -0.39 is 11.7 Å². The number of pyridine rings is 1. The highest BCUT2D eigenvalue weighted by Crippen LogP contribution is 2.30. The quantitative estimate of drug-likeness (QED) is 0.573. The summed E-state index contributed by atoms with van der Waals surface area (Å²) in [6.45, 7) is 1.82. The Morgan fingerprint density at radius 1 is 1.14 bits per heavy atom. The number of hydrogen-bond donors (Lipinski definition) is 1. The normalized spacial score (nSPS) is 15.5. The van der Waals surface area contributed by atoms with Crippen LogP contribution in [0.25, 0.3) is 0 Å². The number of benzene rings is 1. The molecular weight excluding hydrogens is 387 g/mol. The predicted octanol–water partition coefficient (Wildman–Crippen LogP) is 4.23.